The second-order valence-corrected chi connectivity index (χ2v) is 5.13. The lowest BCUT2D eigenvalue weighted by atomic mass is 10.0. The Morgan fingerprint density at radius 2 is 1.58 bits per heavy atom. The van der Waals surface area contributed by atoms with Crippen molar-refractivity contribution in [2.45, 2.75) is 71.3 Å². The number of unbranched alkanes of at least 4 members (excludes halogenated alkanes) is 6. The van der Waals surface area contributed by atoms with Crippen molar-refractivity contribution in [2.75, 3.05) is 6.54 Å². The maximum atomic E-state index is 4.36. The summed E-state index contributed by atoms with van der Waals surface area (Å²) in [7, 11) is 0. The van der Waals surface area contributed by atoms with Crippen LogP contribution in [0.3, 0.4) is 0 Å². The molecule has 0 radical (unpaired) electrons. The summed E-state index contributed by atoms with van der Waals surface area (Å²) in [6.45, 7) is 5.38. The maximum Gasteiger partial charge on any atom is 0.145 e. The molecule has 0 saturated carbocycles. The molecule has 0 aromatic carbocycles. The second kappa shape index (κ2) is 10.9. The second-order valence-electron chi connectivity index (χ2n) is 5.13. The fourth-order valence-corrected chi connectivity index (χ4v) is 2.36. The predicted octanol–water partition coefficient (Wildman–Crippen LogP) is 4.27. The highest BCUT2D eigenvalue weighted by Crippen LogP contribution is 2.17. The van der Waals surface area contributed by atoms with Crippen molar-refractivity contribution < 1.29 is 0 Å². The first-order chi connectivity index (χ1) is 9.38. The fraction of sp³-hybridized carbons (Fsp3) is 0.750. The van der Waals surface area contributed by atoms with Gasteiger partial charge in [0.15, 0.2) is 0 Å². The van der Waals surface area contributed by atoms with E-state index in [9.17, 15) is 0 Å². The van der Waals surface area contributed by atoms with Crippen LogP contribution in [0.2, 0.25) is 0 Å². The highest BCUT2D eigenvalue weighted by molar-refractivity contribution is 4.95. The lowest BCUT2D eigenvalue weighted by Gasteiger charge is -2.16. The molecule has 0 aliphatic rings. The number of nitrogens with one attached hydrogen (secondary N) is 1. The van der Waals surface area contributed by atoms with Gasteiger partial charge in [-0.15, -0.1) is 0 Å². The summed E-state index contributed by atoms with van der Waals surface area (Å²) in [5.74, 6) is 0.940. The van der Waals surface area contributed by atoms with Crippen LogP contribution in [0.25, 0.3) is 0 Å². The zero-order valence-corrected chi connectivity index (χ0v) is 12.6. The first-order valence-corrected chi connectivity index (χ1v) is 7.88. The van der Waals surface area contributed by atoms with Crippen LogP contribution in [0.1, 0.15) is 77.1 Å². The van der Waals surface area contributed by atoms with Gasteiger partial charge in [0.2, 0.25) is 0 Å². The molecule has 0 bridgehead atoms. The van der Waals surface area contributed by atoms with E-state index in [0.717, 1.165) is 18.8 Å². The molecular weight excluding hydrogens is 234 g/mol. The van der Waals surface area contributed by atoms with Gasteiger partial charge >= 0.3 is 0 Å². The molecule has 0 saturated heterocycles. The summed E-state index contributed by atoms with van der Waals surface area (Å²) in [5, 5.41) is 3.49. The normalized spacial score (nSPS) is 12.5. The summed E-state index contributed by atoms with van der Waals surface area (Å²) >= 11 is 0. The molecule has 0 spiro atoms. The van der Waals surface area contributed by atoms with Gasteiger partial charge in [-0.3, -0.25) is 0 Å². The largest absolute Gasteiger partial charge is 0.308 e. The first-order valence-electron chi connectivity index (χ1n) is 7.88. The third-order valence-corrected chi connectivity index (χ3v) is 3.44. The molecule has 108 valence electrons. The van der Waals surface area contributed by atoms with E-state index < -0.39 is 0 Å². The summed E-state index contributed by atoms with van der Waals surface area (Å²) < 4.78 is 0. The van der Waals surface area contributed by atoms with Crippen LogP contribution in [0, 0.1) is 0 Å². The molecule has 1 atom stereocenters. The van der Waals surface area contributed by atoms with Crippen molar-refractivity contribution in [1.29, 1.82) is 0 Å². The van der Waals surface area contributed by atoms with Gasteiger partial charge in [0.05, 0.1) is 6.04 Å². The average Bonchev–Trinajstić information content (AvgIpc) is 2.46. The standard InChI is InChI=1S/C16H29N3/c1-3-5-6-7-8-9-10-12-15(17-4-2)16-18-13-11-14-19-16/h11,13-15,17H,3-10,12H2,1-2H3. The van der Waals surface area contributed by atoms with Gasteiger partial charge in [0.25, 0.3) is 0 Å². The molecule has 3 nitrogen and oxygen atoms in total. The van der Waals surface area contributed by atoms with E-state index in [1.165, 1.54) is 44.9 Å². The molecule has 1 unspecified atom stereocenters. The molecule has 1 aromatic rings. The van der Waals surface area contributed by atoms with Gasteiger partial charge in [-0.25, -0.2) is 9.97 Å². The summed E-state index contributed by atoms with van der Waals surface area (Å²) in [6, 6.07) is 2.20. The average molecular weight is 263 g/mol. The van der Waals surface area contributed by atoms with Crippen molar-refractivity contribution in [1.82, 2.24) is 15.3 Å². The smallest absolute Gasteiger partial charge is 0.145 e. The predicted molar refractivity (Wildman–Crippen MR) is 81.1 cm³/mol. The summed E-state index contributed by atoms with van der Waals surface area (Å²) in [5.41, 5.74) is 0. The van der Waals surface area contributed by atoms with Crippen LogP contribution in [0.5, 0.6) is 0 Å². The Morgan fingerprint density at radius 3 is 2.21 bits per heavy atom. The third kappa shape index (κ3) is 7.26. The molecule has 0 fully saturated rings. The number of rotatable bonds is 11. The van der Waals surface area contributed by atoms with E-state index in [0.29, 0.717) is 6.04 Å². The Morgan fingerprint density at radius 1 is 0.947 bits per heavy atom. The SMILES string of the molecule is CCCCCCCCCC(NCC)c1ncccn1. The monoisotopic (exact) mass is 263 g/mol. The van der Waals surface area contributed by atoms with Crippen molar-refractivity contribution in [2.24, 2.45) is 0 Å². The van der Waals surface area contributed by atoms with E-state index in [1.807, 2.05) is 18.5 Å². The Bertz CT molecular complexity index is 300. The minimum Gasteiger partial charge on any atom is -0.308 e. The molecule has 19 heavy (non-hydrogen) atoms. The number of aromatic nitrogens is 2. The third-order valence-electron chi connectivity index (χ3n) is 3.44. The van der Waals surface area contributed by atoms with Crippen LogP contribution >= 0.6 is 0 Å². The maximum absolute atomic E-state index is 4.36. The van der Waals surface area contributed by atoms with Crippen molar-refractivity contribution in [3.63, 3.8) is 0 Å². The van der Waals surface area contributed by atoms with E-state index in [2.05, 4.69) is 29.1 Å². The van der Waals surface area contributed by atoms with Gasteiger partial charge in [-0.1, -0.05) is 58.8 Å². The number of nitrogens with zero attached hydrogens (tertiary/aromatic N) is 2. The van der Waals surface area contributed by atoms with Crippen molar-refractivity contribution in [3.8, 4) is 0 Å². The zero-order chi connectivity index (χ0) is 13.8. The van der Waals surface area contributed by atoms with Crippen LogP contribution in [0.4, 0.5) is 0 Å². The van der Waals surface area contributed by atoms with Gasteiger partial charge in [-0.2, -0.15) is 0 Å². The summed E-state index contributed by atoms with van der Waals surface area (Å²) in [6.07, 6.45) is 14.3. The van der Waals surface area contributed by atoms with Crippen LogP contribution in [-0.2, 0) is 0 Å². The number of hydrogen-bond acceptors (Lipinski definition) is 3. The van der Waals surface area contributed by atoms with E-state index in [4.69, 9.17) is 0 Å². The van der Waals surface area contributed by atoms with Crippen molar-refractivity contribution in [3.05, 3.63) is 24.3 Å². The zero-order valence-electron chi connectivity index (χ0n) is 12.6. The minimum absolute atomic E-state index is 0.321. The summed E-state index contributed by atoms with van der Waals surface area (Å²) in [4.78, 5) is 8.73. The van der Waals surface area contributed by atoms with Crippen LogP contribution < -0.4 is 5.32 Å². The Hall–Kier alpha value is -0.960. The van der Waals surface area contributed by atoms with Gasteiger partial charge in [0.1, 0.15) is 5.82 Å². The minimum atomic E-state index is 0.321. The fourth-order valence-electron chi connectivity index (χ4n) is 2.36. The molecule has 3 heteroatoms. The van der Waals surface area contributed by atoms with Crippen LogP contribution in [0.15, 0.2) is 18.5 Å². The molecule has 0 aliphatic carbocycles. The Balaban J connectivity index is 2.20. The Labute approximate surface area is 118 Å². The lowest BCUT2D eigenvalue weighted by Crippen LogP contribution is -2.22. The van der Waals surface area contributed by atoms with Gasteiger partial charge in [-0.05, 0) is 19.0 Å². The Kier molecular flexibility index (Phi) is 9.25. The van der Waals surface area contributed by atoms with Gasteiger partial charge in [0, 0.05) is 12.4 Å². The molecule has 0 aliphatic heterocycles. The molecule has 0 amide bonds. The van der Waals surface area contributed by atoms with E-state index >= 15 is 0 Å². The van der Waals surface area contributed by atoms with Gasteiger partial charge < -0.3 is 5.32 Å². The molecule has 1 rings (SSSR count). The topological polar surface area (TPSA) is 37.8 Å². The molecule has 1 aromatic heterocycles. The molecule has 1 heterocycles. The highest BCUT2D eigenvalue weighted by atomic mass is 15.0. The van der Waals surface area contributed by atoms with Crippen molar-refractivity contribution >= 4 is 0 Å². The highest BCUT2D eigenvalue weighted by Gasteiger charge is 2.11. The van der Waals surface area contributed by atoms with E-state index in [-0.39, 0.29) is 0 Å². The van der Waals surface area contributed by atoms with E-state index in [1.54, 1.807) is 0 Å². The molecular formula is C16H29N3. The molecule has 1 N–H and O–H groups in total. The van der Waals surface area contributed by atoms with Crippen LogP contribution in [-0.4, -0.2) is 16.5 Å². The lowest BCUT2D eigenvalue weighted by molar-refractivity contribution is 0.457. The quantitative estimate of drug-likeness (QED) is 0.606. The number of hydrogen-bond donors (Lipinski definition) is 1. The first kappa shape index (κ1) is 16.1.